The first kappa shape index (κ1) is 15.9. The quantitative estimate of drug-likeness (QED) is 0.678. The third kappa shape index (κ3) is 8.68. The van der Waals surface area contributed by atoms with Crippen LogP contribution in [-0.2, 0) is 14.3 Å². The largest absolute Gasteiger partial charge is 0.479 e. The first-order valence-corrected chi connectivity index (χ1v) is 5.96. The molecule has 1 unspecified atom stereocenters. The molecule has 0 aliphatic carbocycles. The van der Waals surface area contributed by atoms with Crippen LogP contribution in [0.5, 0.6) is 0 Å². The molecule has 0 fully saturated rings. The topological polar surface area (TPSA) is 75.6 Å². The zero-order chi connectivity index (χ0) is 13.4. The molecule has 5 heteroatoms. The Morgan fingerprint density at radius 3 is 2.24 bits per heavy atom. The third-order valence-corrected chi connectivity index (χ3v) is 2.40. The fourth-order valence-electron chi connectivity index (χ4n) is 1.24. The first-order chi connectivity index (χ1) is 7.82. The number of hydrogen-bond acceptors (Lipinski definition) is 3. The Morgan fingerprint density at radius 2 is 1.76 bits per heavy atom. The van der Waals surface area contributed by atoms with Crippen molar-refractivity contribution in [3.8, 4) is 0 Å². The summed E-state index contributed by atoms with van der Waals surface area (Å²) in [5, 5.41) is 11.3. The highest BCUT2D eigenvalue weighted by Gasteiger charge is 2.14. The predicted octanol–water partition coefficient (Wildman–Crippen LogP) is 1.42. The molecule has 0 heterocycles. The number of nitrogens with one attached hydrogen (secondary N) is 1. The highest BCUT2D eigenvalue weighted by Crippen LogP contribution is 2.06. The van der Waals surface area contributed by atoms with Gasteiger partial charge >= 0.3 is 5.97 Å². The van der Waals surface area contributed by atoms with Gasteiger partial charge in [0, 0.05) is 6.04 Å². The van der Waals surface area contributed by atoms with Gasteiger partial charge in [0.1, 0.15) is 6.61 Å². The van der Waals surface area contributed by atoms with Crippen LogP contribution < -0.4 is 5.32 Å². The predicted molar refractivity (Wildman–Crippen MR) is 64.7 cm³/mol. The maximum absolute atomic E-state index is 11.4. The summed E-state index contributed by atoms with van der Waals surface area (Å²) in [5.41, 5.74) is 0. The fourth-order valence-corrected chi connectivity index (χ4v) is 1.24. The molecule has 0 rings (SSSR count). The van der Waals surface area contributed by atoms with Gasteiger partial charge < -0.3 is 15.2 Å². The lowest BCUT2D eigenvalue weighted by molar-refractivity contribution is -0.150. The Morgan fingerprint density at radius 1 is 1.18 bits per heavy atom. The van der Waals surface area contributed by atoms with Crippen LogP contribution in [0.4, 0.5) is 0 Å². The summed E-state index contributed by atoms with van der Waals surface area (Å²) >= 11 is 0. The number of ether oxygens (including phenoxy) is 1. The van der Waals surface area contributed by atoms with E-state index < -0.39 is 12.1 Å². The molecule has 0 aromatic carbocycles. The summed E-state index contributed by atoms with van der Waals surface area (Å²) < 4.78 is 4.88. The zero-order valence-corrected chi connectivity index (χ0v) is 11.0. The molecular weight excluding hydrogens is 222 g/mol. The molecule has 0 aromatic rings. The molecule has 2 N–H and O–H groups in total. The Hall–Kier alpha value is -1.10. The zero-order valence-electron chi connectivity index (χ0n) is 11.0. The van der Waals surface area contributed by atoms with Crippen molar-refractivity contribution in [2.45, 2.75) is 52.7 Å². The molecular formula is C12H23NO4. The van der Waals surface area contributed by atoms with E-state index in [1.54, 1.807) is 0 Å². The van der Waals surface area contributed by atoms with Gasteiger partial charge in [0.15, 0.2) is 6.10 Å². The molecule has 17 heavy (non-hydrogen) atoms. The molecule has 0 spiro atoms. The molecule has 0 aliphatic heterocycles. The van der Waals surface area contributed by atoms with E-state index in [2.05, 4.69) is 19.2 Å². The second-order valence-electron chi connectivity index (χ2n) is 4.73. The van der Waals surface area contributed by atoms with Crippen molar-refractivity contribution in [3.05, 3.63) is 0 Å². The Balaban J connectivity index is 3.74. The second-order valence-corrected chi connectivity index (χ2v) is 4.73. The van der Waals surface area contributed by atoms with Gasteiger partial charge in [-0.05, 0) is 32.6 Å². The molecule has 5 nitrogen and oxygen atoms in total. The number of amides is 1. The average molecular weight is 245 g/mol. The minimum atomic E-state index is -1.06. The number of hydrogen-bond donors (Lipinski definition) is 2. The minimum Gasteiger partial charge on any atom is -0.479 e. The van der Waals surface area contributed by atoms with E-state index in [4.69, 9.17) is 9.84 Å². The molecule has 0 aliphatic rings. The van der Waals surface area contributed by atoms with Crippen molar-refractivity contribution >= 4 is 11.9 Å². The van der Waals surface area contributed by atoms with E-state index in [0.29, 0.717) is 5.92 Å². The van der Waals surface area contributed by atoms with Crippen LogP contribution in [0.15, 0.2) is 0 Å². The molecule has 2 atom stereocenters. The van der Waals surface area contributed by atoms with E-state index in [-0.39, 0.29) is 18.6 Å². The molecule has 0 saturated heterocycles. The Labute approximate surface area is 103 Å². The van der Waals surface area contributed by atoms with E-state index in [9.17, 15) is 9.59 Å². The van der Waals surface area contributed by atoms with Crippen LogP contribution in [0.3, 0.4) is 0 Å². The van der Waals surface area contributed by atoms with Crippen molar-refractivity contribution in [2.24, 2.45) is 5.92 Å². The van der Waals surface area contributed by atoms with Crippen molar-refractivity contribution in [3.63, 3.8) is 0 Å². The van der Waals surface area contributed by atoms with Crippen LogP contribution in [0.2, 0.25) is 0 Å². The van der Waals surface area contributed by atoms with Gasteiger partial charge in [0.25, 0.3) is 0 Å². The second kappa shape index (κ2) is 8.06. The number of rotatable bonds is 8. The van der Waals surface area contributed by atoms with Gasteiger partial charge in [0.2, 0.25) is 5.91 Å². The lowest BCUT2D eigenvalue weighted by atomic mass is 10.0. The normalized spacial score (nSPS) is 14.4. The van der Waals surface area contributed by atoms with Crippen molar-refractivity contribution < 1.29 is 19.4 Å². The maximum Gasteiger partial charge on any atom is 0.332 e. The highest BCUT2D eigenvalue weighted by molar-refractivity contribution is 5.78. The van der Waals surface area contributed by atoms with E-state index in [1.807, 2.05) is 6.92 Å². The fraction of sp³-hybridized carbons (Fsp3) is 0.833. The summed E-state index contributed by atoms with van der Waals surface area (Å²) in [7, 11) is 0. The first-order valence-electron chi connectivity index (χ1n) is 5.96. The van der Waals surface area contributed by atoms with Gasteiger partial charge in [-0.3, -0.25) is 4.79 Å². The van der Waals surface area contributed by atoms with Gasteiger partial charge in [-0.25, -0.2) is 4.79 Å². The van der Waals surface area contributed by atoms with Crippen molar-refractivity contribution in [2.75, 3.05) is 6.61 Å². The van der Waals surface area contributed by atoms with E-state index >= 15 is 0 Å². The van der Waals surface area contributed by atoms with Crippen LogP contribution in [0, 0.1) is 5.92 Å². The van der Waals surface area contributed by atoms with Gasteiger partial charge in [-0.1, -0.05) is 13.8 Å². The smallest absolute Gasteiger partial charge is 0.332 e. The summed E-state index contributed by atoms with van der Waals surface area (Å²) in [6, 6.07) is 0.0913. The number of carbonyl (C=O) groups excluding carboxylic acids is 1. The summed E-state index contributed by atoms with van der Waals surface area (Å²) in [5.74, 6) is -0.724. The standard InChI is InChI=1S/C12H23NO4/c1-8(2)5-6-9(3)13-11(14)7-17-10(4)12(15)16/h8-10H,5-7H2,1-4H3,(H,13,14)(H,15,16)/t9?,10-/m1/s1. The lowest BCUT2D eigenvalue weighted by Crippen LogP contribution is -2.37. The van der Waals surface area contributed by atoms with Crippen LogP contribution in [-0.4, -0.2) is 35.7 Å². The molecule has 100 valence electrons. The number of carboxylic acid groups (broad SMARTS) is 1. The minimum absolute atomic E-state index is 0.0913. The van der Waals surface area contributed by atoms with Gasteiger partial charge in [-0.15, -0.1) is 0 Å². The van der Waals surface area contributed by atoms with Crippen molar-refractivity contribution in [1.29, 1.82) is 0 Å². The molecule has 0 aromatic heterocycles. The third-order valence-electron chi connectivity index (χ3n) is 2.40. The monoisotopic (exact) mass is 245 g/mol. The molecule has 0 saturated carbocycles. The number of aliphatic carboxylic acids is 1. The highest BCUT2D eigenvalue weighted by atomic mass is 16.5. The van der Waals surface area contributed by atoms with E-state index in [1.165, 1.54) is 6.92 Å². The van der Waals surface area contributed by atoms with Crippen LogP contribution in [0.1, 0.15) is 40.5 Å². The van der Waals surface area contributed by atoms with Crippen molar-refractivity contribution in [1.82, 2.24) is 5.32 Å². The number of carbonyl (C=O) groups is 2. The van der Waals surface area contributed by atoms with Gasteiger partial charge in [-0.2, -0.15) is 0 Å². The SMILES string of the molecule is CC(C)CCC(C)NC(=O)CO[C@H](C)C(=O)O. The Kier molecular flexibility index (Phi) is 7.54. The lowest BCUT2D eigenvalue weighted by Gasteiger charge is -2.15. The maximum atomic E-state index is 11.4. The summed E-state index contributed by atoms with van der Waals surface area (Å²) in [6.07, 6.45) is 1.01. The summed E-state index contributed by atoms with van der Waals surface area (Å²) in [6.45, 7) is 7.39. The Bertz CT molecular complexity index is 253. The van der Waals surface area contributed by atoms with E-state index in [0.717, 1.165) is 12.8 Å². The van der Waals surface area contributed by atoms with Crippen LogP contribution in [0.25, 0.3) is 0 Å². The molecule has 0 bridgehead atoms. The van der Waals surface area contributed by atoms with Crippen LogP contribution >= 0.6 is 0 Å². The van der Waals surface area contributed by atoms with Gasteiger partial charge in [0.05, 0.1) is 0 Å². The average Bonchev–Trinajstić information content (AvgIpc) is 2.22. The molecule has 1 amide bonds. The number of carboxylic acids is 1. The summed E-state index contributed by atoms with van der Waals surface area (Å²) in [4.78, 5) is 21.9. The molecule has 0 radical (unpaired) electrons.